The smallest absolute Gasteiger partial charge is 0.238 e. The number of nitrogens with zero attached hydrogens (tertiary/aromatic N) is 1. The van der Waals surface area contributed by atoms with Gasteiger partial charge in [-0.1, -0.05) is 12.1 Å². The van der Waals surface area contributed by atoms with Gasteiger partial charge in [-0.05, 0) is 45.0 Å². The van der Waals surface area contributed by atoms with Crippen molar-refractivity contribution in [3.8, 4) is 5.75 Å². The summed E-state index contributed by atoms with van der Waals surface area (Å²) in [5.41, 5.74) is 0.694. The highest BCUT2D eigenvalue weighted by Crippen LogP contribution is 2.24. The Morgan fingerprint density at radius 1 is 1.26 bits per heavy atom. The number of anilines is 1. The fourth-order valence-electron chi connectivity index (χ4n) is 2.80. The van der Waals surface area contributed by atoms with Crippen molar-refractivity contribution in [2.45, 2.75) is 19.8 Å². The van der Waals surface area contributed by atoms with Crippen molar-refractivity contribution in [3.05, 3.63) is 24.3 Å². The van der Waals surface area contributed by atoms with Gasteiger partial charge in [0.15, 0.2) is 0 Å². The van der Waals surface area contributed by atoms with Crippen molar-refractivity contribution in [1.82, 2.24) is 10.2 Å². The Balaban J connectivity index is 1.83. The first-order valence-corrected chi connectivity index (χ1v) is 8.09. The van der Waals surface area contributed by atoms with Crippen LogP contribution in [0.5, 0.6) is 5.75 Å². The Bertz CT molecular complexity index is 540. The van der Waals surface area contributed by atoms with Crippen LogP contribution in [0.2, 0.25) is 0 Å². The Kier molecular flexibility index (Phi) is 6.40. The number of piperidine rings is 1. The lowest BCUT2D eigenvalue weighted by atomic mass is 9.96. The second-order valence-corrected chi connectivity index (χ2v) is 5.64. The number of para-hydroxylation sites is 2. The molecule has 0 saturated carbocycles. The molecular weight excluding hydrogens is 294 g/mol. The van der Waals surface area contributed by atoms with Crippen LogP contribution in [0, 0.1) is 5.92 Å². The number of amides is 2. The van der Waals surface area contributed by atoms with Crippen molar-refractivity contribution in [2.75, 3.05) is 38.6 Å². The summed E-state index contributed by atoms with van der Waals surface area (Å²) in [6, 6.07) is 7.42. The van der Waals surface area contributed by atoms with E-state index in [1.54, 1.807) is 7.05 Å². The number of likely N-dealkylation sites (tertiary alicyclic amines) is 1. The third-order valence-corrected chi connectivity index (χ3v) is 4.03. The Morgan fingerprint density at radius 2 is 1.96 bits per heavy atom. The summed E-state index contributed by atoms with van der Waals surface area (Å²) in [4.78, 5) is 25.9. The van der Waals surface area contributed by atoms with E-state index in [9.17, 15) is 9.59 Å². The zero-order chi connectivity index (χ0) is 16.7. The van der Waals surface area contributed by atoms with Crippen LogP contribution in [0.3, 0.4) is 0 Å². The van der Waals surface area contributed by atoms with E-state index in [2.05, 4.69) is 15.5 Å². The van der Waals surface area contributed by atoms with Gasteiger partial charge in [-0.25, -0.2) is 0 Å². The lowest BCUT2D eigenvalue weighted by Gasteiger charge is -2.30. The van der Waals surface area contributed by atoms with Crippen LogP contribution >= 0.6 is 0 Å². The molecule has 0 unspecified atom stereocenters. The van der Waals surface area contributed by atoms with Gasteiger partial charge in [0, 0.05) is 13.0 Å². The first kappa shape index (κ1) is 17.3. The molecule has 0 radical (unpaired) electrons. The Hall–Kier alpha value is -2.08. The molecule has 0 aliphatic carbocycles. The minimum atomic E-state index is -0.0597. The maximum absolute atomic E-state index is 12.2. The molecule has 0 bridgehead atoms. The molecule has 1 aliphatic heterocycles. The fourth-order valence-corrected chi connectivity index (χ4v) is 2.80. The predicted octanol–water partition coefficient (Wildman–Crippen LogP) is 1.48. The molecule has 2 N–H and O–H groups in total. The van der Waals surface area contributed by atoms with Gasteiger partial charge in [0.2, 0.25) is 11.8 Å². The molecule has 1 saturated heterocycles. The van der Waals surface area contributed by atoms with Crippen LogP contribution in [0.4, 0.5) is 5.69 Å². The largest absolute Gasteiger partial charge is 0.492 e. The molecule has 23 heavy (non-hydrogen) atoms. The molecule has 1 aromatic carbocycles. The lowest BCUT2D eigenvalue weighted by molar-refractivity contribution is -0.126. The monoisotopic (exact) mass is 319 g/mol. The van der Waals surface area contributed by atoms with Gasteiger partial charge >= 0.3 is 0 Å². The Morgan fingerprint density at radius 3 is 2.61 bits per heavy atom. The van der Waals surface area contributed by atoms with Crippen molar-refractivity contribution in [1.29, 1.82) is 0 Å². The summed E-state index contributed by atoms with van der Waals surface area (Å²) < 4.78 is 5.51. The molecule has 6 heteroatoms. The molecule has 2 amide bonds. The highest BCUT2D eigenvalue weighted by atomic mass is 16.5. The first-order chi connectivity index (χ1) is 11.1. The molecule has 6 nitrogen and oxygen atoms in total. The quantitative estimate of drug-likeness (QED) is 0.833. The summed E-state index contributed by atoms with van der Waals surface area (Å²) in [5, 5.41) is 5.59. The van der Waals surface area contributed by atoms with Gasteiger partial charge in [0.25, 0.3) is 0 Å². The predicted molar refractivity (Wildman–Crippen MR) is 89.5 cm³/mol. The number of carbonyl (C=O) groups excluding carboxylic acids is 2. The average Bonchev–Trinajstić information content (AvgIpc) is 2.57. The van der Waals surface area contributed by atoms with Crippen molar-refractivity contribution in [2.24, 2.45) is 5.92 Å². The van der Waals surface area contributed by atoms with Gasteiger partial charge in [-0.2, -0.15) is 0 Å². The second kappa shape index (κ2) is 8.53. The zero-order valence-electron chi connectivity index (χ0n) is 13.8. The van der Waals surface area contributed by atoms with Crippen molar-refractivity contribution >= 4 is 17.5 Å². The minimum absolute atomic E-state index is 0.0597. The molecule has 126 valence electrons. The molecule has 0 aromatic heterocycles. The van der Waals surface area contributed by atoms with Gasteiger partial charge in [-0.15, -0.1) is 0 Å². The molecule has 0 spiro atoms. The van der Waals surface area contributed by atoms with Crippen molar-refractivity contribution in [3.63, 3.8) is 0 Å². The summed E-state index contributed by atoms with van der Waals surface area (Å²) in [5.74, 6) is 0.787. The number of carbonyl (C=O) groups is 2. The van der Waals surface area contributed by atoms with E-state index in [4.69, 9.17) is 4.74 Å². The van der Waals surface area contributed by atoms with E-state index in [0.717, 1.165) is 25.9 Å². The molecular formula is C17H25N3O3. The fraction of sp³-hybridized carbons (Fsp3) is 0.529. The van der Waals surface area contributed by atoms with Crippen molar-refractivity contribution < 1.29 is 14.3 Å². The third kappa shape index (κ3) is 4.96. The maximum Gasteiger partial charge on any atom is 0.238 e. The third-order valence-electron chi connectivity index (χ3n) is 4.03. The van der Waals surface area contributed by atoms with Crippen LogP contribution in [-0.2, 0) is 9.59 Å². The zero-order valence-corrected chi connectivity index (χ0v) is 13.8. The maximum atomic E-state index is 12.2. The molecule has 1 aliphatic rings. The van der Waals surface area contributed by atoms with E-state index in [1.807, 2.05) is 31.2 Å². The van der Waals surface area contributed by atoms with Gasteiger partial charge in [0.05, 0.1) is 18.8 Å². The highest BCUT2D eigenvalue weighted by Gasteiger charge is 2.25. The normalized spacial score (nSPS) is 15.9. The van der Waals surface area contributed by atoms with Crippen LogP contribution < -0.4 is 15.4 Å². The van der Waals surface area contributed by atoms with Crippen LogP contribution in [0.25, 0.3) is 0 Å². The van der Waals surface area contributed by atoms with Gasteiger partial charge in [-0.3, -0.25) is 14.5 Å². The van der Waals surface area contributed by atoms with Crippen LogP contribution in [0.15, 0.2) is 24.3 Å². The number of hydrogen-bond acceptors (Lipinski definition) is 4. The molecule has 0 atom stereocenters. The molecule has 2 rings (SSSR count). The first-order valence-electron chi connectivity index (χ1n) is 8.09. The van der Waals surface area contributed by atoms with E-state index >= 15 is 0 Å². The van der Waals surface area contributed by atoms with E-state index in [0.29, 0.717) is 24.6 Å². The molecule has 1 fully saturated rings. The minimum Gasteiger partial charge on any atom is -0.492 e. The summed E-state index contributed by atoms with van der Waals surface area (Å²) in [7, 11) is 1.66. The Labute approximate surface area is 137 Å². The SMILES string of the molecule is CCOc1ccccc1NC(=O)CN1CCC(C(=O)NC)CC1. The van der Waals surface area contributed by atoms with Crippen LogP contribution in [-0.4, -0.2) is 50.0 Å². The topological polar surface area (TPSA) is 70.7 Å². The summed E-state index contributed by atoms with van der Waals surface area (Å²) in [6.07, 6.45) is 1.59. The number of rotatable bonds is 6. The van der Waals surface area contributed by atoms with Gasteiger partial charge < -0.3 is 15.4 Å². The van der Waals surface area contributed by atoms with E-state index in [-0.39, 0.29) is 17.7 Å². The van der Waals surface area contributed by atoms with Crippen LogP contribution in [0.1, 0.15) is 19.8 Å². The standard InChI is InChI=1S/C17H25N3O3/c1-3-23-15-7-5-4-6-14(15)19-16(21)12-20-10-8-13(9-11-20)17(22)18-2/h4-7,13H,3,8-12H2,1-2H3,(H,18,22)(H,19,21). The second-order valence-electron chi connectivity index (χ2n) is 5.64. The summed E-state index contributed by atoms with van der Waals surface area (Å²) in [6.45, 7) is 4.33. The number of hydrogen-bond donors (Lipinski definition) is 2. The van der Waals surface area contributed by atoms with E-state index < -0.39 is 0 Å². The molecule has 1 heterocycles. The number of ether oxygens (including phenoxy) is 1. The van der Waals surface area contributed by atoms with E-state index in [1.165, 1.54) is 0 Å². The average molecular weight is 319 g/mol. The lowest BCUT2D eigenvalue weighted by Crippen LogP contribution is -2.42. The molecule has 1 aromatic rings. The van der Waals surface area contributed by atoms with Gasteiger partial charge in [0.1, 0.15) is 5.75 Å². The number of nitrogens with one attached hydrogen (secondary N) is 2. The number of benzene rings is 1. The highest BCUT2D eigenvalue weighted by molar-refractivity contribution is 5.93. The summed E-state index contributed by atoms with van der Waals surface area (Å²) >= 11 is 0.